The predicted octanol–water partition coefficient (Wildman–Crippen LogP) is 2.69. The van der Waals surface area contributed by atoms with Crippen molar-refractivity contribution in [1.82, 2.24) is 5.32 Å². The summed E-state index contributed by atoms with van der Waals surface area (Å²) in [6.07, 6.45) is 1.35. The van der Waals surface area contributed by atoms with Gasteiger partial charge in [0.1, 0.15) is 11.3 Å². The minimum atomic E-state index is -0.805. The Morgan fingerprint density at radius 1 is 0.862 bits per heavy atom. The van der Waals surface area contributed by atoms with E-state index in [-0.39, 0.29) is 5.57 Å². The van der Waals surface area contributed by atoms with Crippen LogP contribution in [-0.4, -0.2) is 39.2 Å². The predicted molar refractivity (Wildman–Crippen MR) is 106 cm³/mol. The second-order valence-electron chi connectivity index (χ2n) is 6.24. The zero-order valence-corrected chi connectivity index (χ0v) is 16.4. The Hall–Kier alpha value is -3.81. The number of aryl methyl sites for hydroxylation is 1. The standard InChI is InChI=1S/C21H20N2O6/c1-12-5-7-14(8-6-12)23-20(25)15(19(24)22-21(23)26)9-13-10-17(28-3)18(29-4)11-16(13)27-2/h5-11H,1-4H3,(H,22,24,26)/b15-9-. The van der Waals surface area contributed by atoms with Crippen molar-refractivity contribution in [3.8, 4) is 17.2 Å². The third-order valence-corrected chi connectivity index (χ3v) is 4.43. The van der Waals surface area contributed by atoms with Crippen molar-refractivity contribution in [1.29, 1.82) is 0 Å². The summed E-state index contributed by atoms with van der Waals surface area (Å²) in [5, 5.41) is 2.19. The number of benzene rings is 2. The van der Waals surface area contributed by atoms with E-state index in [4.69, 9.17) is 14.2 Å². The molecule has 8 heteroatoms. The maximum absolute atomic E-state index is 13.0. The number of imide groups is 2. The number of urea groups is 1. The number of ether oxygens (including phenoxy) is 3. The van der Waals surface area contributed by atoms with Crippen LogP contribution in [0.4, 0.5) is 10.5 Å². The van der Waals surface area contributed by atoms with E-state index < -0.39 is 17.8 Å². The quantitative estimate of drug-likeness (QED) is 0.617. The molecule has 29 heavy (non-hydrogen) atoms. The summed E-state index contributed by atoms with van der Waals surface area (Å²) in [6.45, 7) is 1.89. The van der Waals surface area contributed by atoms with Gasteiger partial charge in [0.25, 0.3) is 11.8 Å². The topological polar surface area (TPSA) is 94.2 Å². The normalized spacial score (nSPS) is 15.4. The highest BCUT2D eigenvalue weighted by molar-refractivity contribution is 6.39. The van der Waals surface area contributed by atoms with Gasteiger partial charge in [-0.25, -0.2) is 9.69 Å². The molecule has 0 atom stereocenters. The van der Waals surface area contributed by atoms with Crippen LogP contribution in [-0.2, 0) is 9.59 Å². The smallest absolute Gasteiger partial charge is 0.335 e. The molecule has 1 aliphatic heterocycles. The number of hydrogen-bond acceptors (Lipinski definition) is 6. The molecular weight excluding hydrogens is 376 g/mol. The fourth-order valence-electron chi connectivity index (χ4n) is 2.91. The van der Waals surface area contributed by atoms with E-state index in [1.807, 2.05) is 6.92 Å². The molecule has 1 N–H and O–H groups in total. The van der Waals surface area contributed by atoms with E-state index in [9.17, 15) is 14.4 Å². The summed E-state index contributed by atoms with van der Waals surface area (Å²) in [4.78, 5) is 38.6. The Morgan fingerprint density at radius 2 is 1.45 bits per heavy atom. The van der Waals surface area contributed by atoms with Crippen molar-refractivity contribution >= 4 is 29.6 Å². The second kappa shape index (κ2) is 8.05. The number of carbonyl (C=O) groups is 3. The Bertz CT molecular complexity index is 1010. The highest BCUT2D eigenvalue weighted by Gasteiger charge is 2.37. The number of methoxy groups -OCH3 is 3. The van der Waals surface area contributed by atoms with Gasteiger partial charge in [-0.15, -0.1) is 0 Å². The molecule has 3 rings (SSSR count). The van der Waals surface area contributed by atoms with Crippen molar-refractivity contribution in [2.24, 2.45) is 0 Å². The molecule has 0 saturated carbocycles. The van der Waals surface area contributed by atoms with Gasteiger partial charge in [-0.1, -0.05) is 17.7 Å². The number of hydrogen-bond donors (Lipinski definition) is 1. The fraction of sp³-hybridized carbons (Fsp3) is 0.190. The van der Waals surface area contributed by atoms with Crippen LogP contribution in [0.2, 0.25) is 0 Å². The first kappa shape index (κ1) is 19.9. The first-order valence-corrected chi connectivity index (χ1v) is 8.67. The monoisotopic (exact) mass is 396 g/mol. The molecule has 0 spiro atoms. The van der Waals surface area contributed by atoms with Crippen molar-refractivity contribution in [2.45, 2.75) is 6.92 Å². The van der Waals surface area contributed by atoms with Gasteiger partial charge in [-0.2, -0.15) is 0 Å². The van der Waals surface area contributed by atoms with Gasteiger partial charge >= 0.3 is 6.03 Å². The SMILES string of the molecule is COc1cc(OC)c(OC)cc1/C=C1/C(=O)NC(=O)N(c2ccc(C)cc2)C1=O. The average Bonchev–Trinajstić information content (AvgIpc) is 2.71. The molecule has 0 bridgehead atoms. The maximum atomic E-state index is 13.0. The van der Waals surface area contributed by atoms with Crippen LogP contribution in [0.15, 0.2) is 42.0 Å². The van der Waals surface area contributed by atoms with E-state index in [0.717, 1.165) is 10.5 Å². The lowest BCUT2D eigenvalue weighted by molar-refractivity contribution is -0.122. The molecule has 0 unspecified atom stereocenters. The van der Waals surface area contributed by atoms with Crippen molar-refractivity contribution < 1.29 is 28.6 Å². The van der Waals surface area contributed by atoms with Crippen LogP contribution in [0.1, 0.15) is 11.1 Å². The van der Waals surface area contributed by atoms with Crippen molar-refractivity contribution in [3.05, 3.63) is 53.1 Å². The lowest BCUT2D eigenvalue weighted by Gasteiger charge is -2.26. The summed E-state index contributed by atoms with van der Waals surface area (Å²) >= 11 is 0. The van der Waals surface area contributed by atoms with Crippen molar-refractivity contribution in [2.75, 3.05) is 26.2 Å². The Kier molecular flexibility index (Phi) is 5.54. The maximum Gasteiger partial charge on any atom is 0.335 e. The highest BCUT2D eigenvalue weighted by Crippen LogP contribution is 2.36. The molecule has 1 fully saturated rings. The van der Waals surface area contributed by atoms with Gasteiger partial charge in [0.2, 0.25) is 0 Å². The average molecular weight is 396 g/mol. The van der Waals surface area contributed by atoms with Crippen LogP contribution in [0.25, 0.3) is 6.08 Å². The van der Waals surface area contributed by atoms with E-state index in [0.29, 0.717) is 28.5 Å². The third-order valence-electron chi connectivity index (χ3n) is 4.43. The molecule has 1 saturated heterocycles. The molecule has 8 nitrogen and oxygen atoms in total. The summed E-state index contributed by atoms with van der Waals surface area (Å²) in [5.41, 5.74) is 1.54. The second-order valence-corrected chi connectivity index (χ2v) is 6.24. The lowest BCUT2D eigenvalue weighted by Crippen LogP contribution is -2.54. The van der Waals surface area contributed by atoms with Gasteiger partial charge < -0.3 is 14.2 Å². The Morgan fingerprint density at radius 3 is 2.03 bits per heavy atom. The van der Waals surface area contributed by atoms with E-state index >= 15 is 0 Å². The number of nitrogens with one attached hydrogen (secondary N) is 1. The lowest BCUT2D eigenvalue weighted by atomic mass is 10.0. The highest BCUT2D eigenvalue weighted by atomic mass is 16.5. The first-order chi connectivity index (χ1) is 13.9. The van der Waals surface area contributed by atoms with Crippen LogP contribution >= 0.6 is 0 Å². The number of amides is 4. The van der Waals surface area contributed by atoms with Crippen LogP contribution in [0.3, 0.4) is 0 Å². The molecule has 0 radical (unpaired) electrons. The van der Waals surface area contributed by atoms with Crippen LogP contribution in [0, 0.1) is 6.92 Å². The summed E-state index contributed by atoms with van der Waals surface area (Å²) < 4.78 is 15.9. The molecule has 2 aromatic carbocycles. The zero-order chi connectivity index (χ0) is 21.1. The van der Waals surface area contributed by atoms with Crippen molar-refractivity contribution in [3.63, 3.8) is 0 Å². The van der Waals surface area contributed by atoms with Gasteiger partial charge in [0.15, 0.2) is 11.5 Å². The van der Waals surface area contributed by atoms with Gasteiger partial charge in [0, 0.05) is 11.6 Å². The zero-order valence-electron chi connectivity index (χ0n) is 16.4. The number of rotatable bonds is 5. The summed E-state index contributed by atoms with van der Waals surface area (Å²) in [5.74, 6) is -0.327. The molecular formula is C21H20N2O6. The fourth-order valence-corrected chi connectivity index (χ4v) is 2.91. The third kappa shape index (κ3) is 3.77. The van der Waals surface area contributed by atoms with E-state index in [1.54, 1.807) is 36.4 Å². The Labute approximate surface area is 167 Å². The number of nitrogens with zero attached hydrogens (tertiary/aromatic N) is 1. The number of carbonyl (C=O) groups excluding carboxylic acids is 3. The summed E-state index contributed by atoms with van der Waals surface area (Å²) in [7, 11) is 4.41. The van der Waals surface area contributed by atoms with E-state index in [2.05, 4.69) is 5.32 Å². The minimum absolute atomic E-state index is 0.212. The number of barbiturate groups is 1. The molecule has 0 aromatic heterocycles. The summed E-state index contributed by atoms with van der Waals surface area (Å²) in [6, 6.07) is 9.17. The van der Waals surface area contributed by atoms with Crippen LogP contribution < -0.4 is 24.4 Å². The van der Waals surface area contributed by atoms with Gasteiger partial charge in [-0.3, -0.25) is 14.9 Å². The van der Waals surface area contributed by atoms with E-state index in [1.165, 1.54) is 27.4 Å². The molecule has 1 aliphatic rings. The molecule has 4 amide bonds. The molecule has 0 aliphatic carbocycles. The molecule has 1 heterocycles. The number of anilines is 1. The molecule has 150 valence electrons. The van der Waals surface area contributed by atoms with Gasteiger partial charge in [-0.05, 0) is 31.2 Å². The van der Waals surface area contributed by atoms with Crippen LogP contribution in [0.5, 0.6) is 17.2 Å². The first-order valence-electron chi connectivity index (χ1n) is 8.67. The largest absolute Gasteiger partial charge is 0.496 e. The van der Waals surface area contributed by atoms with Gasteiger partial charge in [0.05, 0.1) is 27.0 Å². The minimum Gasteiger partial charge on any atom is -0.496 e. The Balaban J connectivity index is 2.08. The molecule has 2 aromatic rings.